The molecule has 0 bridgehead atoms. The number of aryl methyl sites for hydroxylation is 2. The van der Waals surface area contributed by atoms with Crippen molar-refractivity contribution in [1.82, 2.24) is 4.90 Å². The minimum atomic E-state index is -0.0299. The lowest BCUT2D eigenvalue weighted by molar-refractivity contribution is -0.121. The Bertz CT molecular complexity index is 1080. The van der Waals surface area contributed by atoms with Gasteiger partial charge in [-0.05, 0) is 74.5 Å². The first-order valence-corrected chi connectivity index (χ1v) is 10.9. The van der Waals surface area contributed by atoms with Gasteiger partial charge in [-0.3, -0.25) is 14.5 Å². The molecule has 1 aliphatic rings. The van der Waals surface area contributed by atoms with Gasteiger partial charge in [0, 0.05) is 22.7 Å². The third-order valence-electron chi connectivity index (χ3n) is 5.88. The minimum absolute atomic E-state index is 0.0105. The van der Waals surface area contributed by atoms with Crippen molar-refractivity contribution in [2.24, 2.45) is 5.92 Å². The van der Waals surface area contributed by atoms with Crippen LogP contribution in [0, 0.1) is 19.8 Å². The Labute approximate surface area is 183 Å². The smallest absolute Gasteiger partial charge is 0.238 e. The molecule has 0 aliphatic carbocycles. The topological polar surface area (TPSA) is 61.4 Å². The molecule has 4 rings (SSSR count). The van der Waals surface area contributed by atoms with Crippen molar-refractivity contribution in [2.75, 3.05) is 30.3 Å². The second-order valence-electron chi connectivity index (χ2n) is 8.49. The largest absolute Gasteiger partial charge is 0.325 e. The van der Waals surface area contributed by atoms with Gasteiger partial charge in [-0.1, -0.05) is 42.5 Å². The van der Waals surface area contributed by atoms with Gasteiger partial charge in [0.1, 0.15) is 0 Å². The number of fused-ring (bicyclic) bond motifs is 1. The first-order chi connectivity index (χ1) is 15.0. The summed E-state index contributed by atoms with van der Waals surface area (Å²) in [4.78, 5) is 27.4. The third kappa shape index (κ3) is 5.30. The van der Waals surface area contributed by atoms with Crippen LogP contribution in [0.4, 0.5) is 11.4 Å². The molecule has 3 aromatic carbocycles. The summed E-state index contributed by atoms with van der Waals surface area (Å²) in [6.45, 7) is 5.89. The number of carbonyl (C=O) groups is 2. The van der Waals surface area contributed by atoms with Gasteiger partial charge in [-0.25, -0.2) is 0 Å². The van der Waals surface area contributed by atoms with Crippen molar-refractivity contribution in [3.05, 3.63) is 71.8 Å². The van der Waals surface area contributed by atoms with Crippen molar-refractivity contribution in [3.63, 3.8) is 0 Å². The summed E-state index contributed by atoms with van der Waals surface area (Å²) >= 11 is 0. The summed E-state index contributed by atoms with van der Waals surface area (Å²) in [5, 5.41) is 8.28. The van der Waals surface area contributed by atoms with Crippen molar-refractivity contribution in [1.29, 1.82) is 0 Å². The van der Waals surface area contributed by atoms with Crippen LogP contribution in [0.3, 0.4) is 0 Å². The summed E-state index contributed by atoms with van der Waals surface area (Å²) in [6.07, 6.45) is 1.51. The molecule has 1 heterocycles. The fourth-order valence-electron chi connectivity index (χ4n) is 4.37. The van der Waals surface area contributed by atoms with Crippen molar-refractivity contribution < 1.29 is 9.59 Å². The Hall–Kier alpha value is -3.18. The molecule has 2 amide bonds. The zero-order valence-electron chi connectivity index (χ0n) is 18.2. The lowest BCUT2D eigenvalue weighted by atomic mass is 9.95. The van der Waals surface area contributed by atoms with Gasteiger partial charge in [0.05, 0.1) is 6.54 Å². The number of hydrogen-bond acceptors (Lipinski definition) is 3. The number of amides is 2. The van der Waals surface area contributed by atoms with Crippen molar-refractivity contribution in [3.8, 4) is 0 Å². The monoisotopic (exact) mass is 415 g/mol. The highest BCUT2D eigenvalue weighted by atomic mass is 16.2. The van der Waals surface area contributed by atoms with Crippen LogP contribution < -0.4 is 10.6 Å². The van der Waals surface area contributed by atoms with Crippen LogP contribution in [-0.4, -0.2) is 36.3 Å². The number of hydrogen-bond donors (Lipinski definition) is 2. The zero-order valence-corrected chi connectivity index (χ0v) is 18.2. The molecule has 0 spiro atoms. The second kappa shape index (κ2) is 9.31. The van der Waals surface area contributed by atoms with Gasteiger partial charge in [0.2, 0.25) is 11.8 Å². The normalized spacial score (nSPS) is 15.0. The molecule has 0 aromatic heterocycles. The van der Waals surface area contributed by atoms with E-state index >= 15 is 0 Å². The van der Waals surface area contributed by atoms with Gasteiger partial charge < -0.3 is 10.6 Å². The van der Waals surface area contributed by atoms with Gasteiger partial charge >= 0.3 is 0 Å². The molecule has 160 valence electrons. The van der Waals surface area contributed by atoms with Gasteiger partial charge in [0.15, 0.2) is 0 Å². The Morgan fingerprint density at radius 3 is 2.32 bits per heavy atom. The Morgan fingerprint density at radius 2 is 1.58 bits per heavy atom. The molecule has 3 aromatic rings. The number of piperidine rings is 1. The first-order valence-electron chi connectivity index (χ1n) is 10.9. The van der Waals surface area contributed by atoms with E-state index in [9.17, 15) is 9.59 Å². The van der Waals surface area contributed by atoms with E-state index in [1.165, 1.54) is 0 Å². The van der Waals surface area contributed by atoms with Gasteiger partial charge in [-0.15, -0.1) is 0 Å². The van der Waals surface area contributed by atoms with E-state index in [2.05, 4.69) is 21.6 Å². The van der Waals surface area contributed by atoms with E-state index in [0.29, 0.717) is 6.54 Å². The maximum atomic E-state index is 12.8. The highest BCUT2D eigenvalue weighted by Crippen LogP contribution is 2.25. The van der Waals surface area contributed by atoms with Crippen LogP contribution >= 0.6 is 0 Å². The van der Waals surface area contributed by atoms with Crippen LogP contribution in [0.25, 0.3) is 10.8 Å². The van der Waals surface area contributed by atoms with E-state index in [0.717, 1.165) is 59.2 Å². The highest BCUT2D eigenvalue weighted by molar-refractivity contribution is 6.02. The molecule has 0 saturated carbocycles. The molecule has 0 radical (unpaired) electrons. The van der Waals surface area contributed by atoms with E-state index < -0.39 is 0 Å². The molecule has 5 nitrogen and oxygen atoms in total. The lowest BCUT2D eigenvalue weighted by Crippen LogP contribution is -2.41. The van der Waals surface area contributed by atoms with Crippen LogP contribution in [0.15, 0.2) is 60.7 Å². The van der Waals surface area contributed by atoms with Crippen molar-refractivity contribution >= 4 is 34.0 Å². The summed E-state index contributed by atoms with van der Waals surface area (Å²) in [5.41, 5.74) is 3.96. The molecule has 1 saturated heterocycles. The predicted molar refractivity (Wildman–Crippen MR) is 126 cm³/mol. The maximum absolute atomic E-state index is 12.8. The maximum Gasteiger partial charge on any atom is 0.238 e. The fourth-order valence-corrected chi connectivity index (χ4v) is 4.37. The Morgan fingerprint density at radius 1 is 0.903 bits per heavy atom. The predicted octanol–water partition coefficient (Wildman–Crippen LogP) is 4.75. The average molecular weight is 416 g/mol. The van der Waals surface area contributed by atoms with Crippen molar-refractivity contribution in [2.45, 2.75) is 26.7 Å². The molecule has 1 aliphatic heterocycles. The third-order valence-corrected chi connectivity index (χ3v) is 5.88. The van der Waals surface area contributed by atoms with Crippen LogP contribution in [-0.2, 0) is 9.59 Å². The second-order valence-corrected chi connectivity index (χ2v) is 8.49. The van der Waals surface area contributed by atoms with Gasteiger partial charge in [-0.2, -0.15) is 0 Å². The number of nitrogens with zero attached hydrogens (tertiary/aromatic N) is 1. The molecule has 0 unspecified atom stereocenters. The van der Waals surface area contributed by atoms with E-state index in [4.69, 9.17) is 0 Å². The summed E-state index contributed by atoms with van der Waals surface area (Å²) in [7, 11) is 0. The molecular weight excluding hydrogens is 386 g/mol. The lowest BCUT2D eigenvalue weighted by Gasteiger charge is -2.30. The number of likely N-dealkylation sites (tertiary alicyclic amines) is 1. The summed E-state index contributed by atoms with van der Waals surface area (Å²) in [6, 6.07) is 20.1. The molecule has 5 heteroatoms. The molecular formula is C26H29N3O2. The highest BCUT2D eigenvalue weighted by Gasteiger charge is 2.26. The summed E-state index contributed by atoms with van der Waals surface area (Å²) < 4.78 is 0. The quantitative estimate of drug-likeness (QED) is 0.632. The minimum Gasteiger partial charge on any atom is -0.325 e. The Balaban J connectivity index is 1.29. The molecule has 2 N–H and O–H groups in total. The number of rotatable bonds is 5. The number of nitrogens with one attached hydrogen (secondary N) is 2. The number of benzene rings is 3. The zero-order chi connectivity index (χ0) is 21.8. The van der Waals surface area contributed by atoms with Gasteiger partial charge in [0.25, 0.3) is 0 Å². The molecule has 31 heavy (non-hydrogen) atoms. The van der Waals surface area contributed by atoms with E-state index in [1.807, 2.05) is 68.4 Å². The average Bonchev–Trinajstić information content (AvgIpc) is 2.73. The van der Waals surface area contributed by atoms with Crippen LogP contribution in [0.1, 0.15) is 24.0 Å². The SMILES string of the molecule is Cc1cc(C)cc(NC(=O)CN2CCC(C(=O)Nc3cccc4ccccc34)CC2)c1. The standard InChI is InChI=1S/C26H29N3O2/c1-18-14-19(2)16-22(15-18)27-25(30)17-29-12-10-21(11-13-29)26(31)28-24-9-5-7-20-6-3-4-8-23(20)24/h3-9,14-16,21H,10-13,17H2,1-2H3,(H,27,30)(H,28,31). The van der Waals surface area contributed by atoms with E-state index in [-0.39, 0.29) is 17.7 Å². The van der Waals surface area contributed by atoms with Crippen LogP contribution in [0.5, 0.6) is 0 Å². The Kier molecular flexibility index (Phi) is 6.33. The first kappa shape index (κ1) is 21.1. The fraction of sp³-hybridized carbons (Fsp3) is 0.308. The van der Waals surface area contributed by atoms with Crippen LogP contribution in [0.2, 0.25) is 0 Å². The molecule has 1 fully saturated rings. The molecule has 0 atom stereocenters. The van der Waals surface area contributed by atoms with E-state index in [1.54, 1.807) is 0 Å². The summed E-state index contributed by atoms with van der Waals surface area (Å²) in [5.74, 6) is 0.0250. The number of anilines is 2. The number of carbonyl (C=O) groups excluding carboxylic acids is 2.